The van der Waals surface area contributed by atoms with Crippen LogP contribution in [-0.2, 0) is 0 Å². The van der Waals surface area contributed by atoms with Crippen molar-refractivity contribution >= 4 is 27.4 Å². The first-order valence-electron chi connectivity index (χ1n) is 7.63. The number of halogens is 1. The summed E-state index contributed by atoms with van der Waals surface area (Å²) < 4.78 is 0.929. The second-order valence-corrected chi connectivity index (χ2v) is 6.84. The topological polar surface area (TPSA) is 52.9 Å². The average molecular weight is 377 g/mol. The number of benzene rings is 2. The molecule has 3 nitrogen and oxygen atoms in total. The summed E-state index contributed by atoms with van der Waals surface area (Å²) in [5, 5.41) is 13.0. The van der Waals surface area contributed by atoms with E-state index < -0.39 is 0 Å². The molecule has 1 heterocycles. The van der Waals surface area contributed by atoms with Crippen molar-refractivity contribution in [2.75, 3.05) is 0 Å². The standard InChI is InChI=1S/C20H13BrN2O/c1-11-16(10-22)17(12-5-4-6-13(21)9-12)18-19(23-11)14-7-2-3-8-15(14)20(18)24/h2-9,17,23H,1H3. The van der Waals surface area contributed by atoms with Crippen molar-refractivity contribution in [1.29, 1.82) is 5.26 Å². The number of nitrogens with zero attached hydrogens (tertiary/aromatic N) is 1. The molecule has 0 spiro atoms. The van der Waals surface area contributed by atoms with Crippen LogP contribution in [0.15, 0.2) is 69.8 Å². The molecule has 0 radical (unpaired) electrons. The highest BCUT2D eigenvalue weighted by atomic mass is 79.9. The van der Waals surface area contributed by atoms with Crippen LogP contribution < -0.4 is 5.32 Å². The van der Waals surface area contributed by atoms with Gasteiger partial charge in [0.25, 0.3) is 0 Å². The summed E-state index contributed by atoms with van der Waals surface area (Å²) in [6.07, 6.45) is 0. The summed E-state index contributed by atoms with van der Waals surface area (Å²) in [6.45, 7) is 1.89. The quantitative estimate of drug-likeness (QED) is 0.794. The van der Waals surface area contributed by atoms with Gasteiger partial charge in [0.1, 0.15) is 0 Å². The Hall–Kier alpha value is -2.64. The first-order valence-corrected chi connectivity index (χ1v) is 8.42. The van der Waals surface area contributed by atoms with Crippen LogP contribution in [0.3, 0.4) is 0 Å². The van der Waals surface area contributed by atoms with Crippen molar-refractivity contribution < 1.29 is 4.79 Å². The molecule has 4 rings (SSSR count). The van der Waals surface area contributed by atoms with Gasteiger partial charge in [-0.05, 0) is 24.6 Å². The Balaban J connectivity index is 1.97. The third kappa shape index (κ3) is 2.05. The number of Topliss-reactive ketones (excluding diaryl/α,β-unsaturated/α-hetero) is 1. The number of dihydropyridines is 1. The molecule has 0 aromatic heterocycles. The van der Waals surface area contributed by atoms with Gasteiger partial charge in [-0.25, -0.2) is 0 Å². The molecule has 4 heteroatoms. The minimum absolute atomic E-state index is 0.00155. The van der Waals surface area contributed by atoms with Crippen LogP contribution in [0.5, 0.6) is 0 Å². The molecule has 0 saturated heterocycles. The Labute approximate surface area is 148 Å². The Kier molecular flexibility index (Phi) is 3.40. The molecule has 1 aliphatic carbocycles. The molecular formula is C20H13BrN2O. The van der Waals surface area contributed by atoms with Gasteiger partial charge >= 0.3 is 0 Å². The third-order valence-electron chi connectivity index (χ3n) is 4.55. The van der Waals surface area contributed by atoms with Crippen molar-refractivity contribution in [2.45, 2.75) is 12.8 Å². The minimum Gasteiger partial charge on any atom is -0.357 e. The Morgan fingerprint density at radius 3 is 2.58 bits per heavy atom. The van der Waals surface area contributed by atoms with Crippen molar-refractivity contribution in [1.82, 2.24) is 5.32 Å². The minimum atomic E-state index is -0.344. The third-order valence-corrected chi connectivity index (χ3v) is 5.04. The van der Waals surface area contributed by atoms with Gasteiger partial charge < -0.3 is 5.32 Å². The van der Waals surface area contributed by atoms with Crippen molar-refractivity contribution in [3.8, 4) is 6.07 Å². The van der Waals surface area contributed by atoms with Gasteiger partial charge in [0.05, 0.1) is 23.3 Å². The maximum Gasteiger partial charge on any atom is 0.192 e. The Bertz CT molecular complexity index is 995. The van der Waals surface area contributed by atoms with Gasteiger partial charge in [-0.3, -0.25) is 4.79 Å². The molecule has 0 amide bonds. The van der Waals surface area contributed by atoms with Crippen LogP contribution in [0.25, 0.3) is 5.70 Å². The lowest BCUT2D eigenvalue weighted by Crippen LogP contribution is -2.24. The van der Waals surface area contributed by atoms with Gasteiger partial charge in [0, 0.05) is 26.9 Å². The second kappa shape index (κ2) is 5.47. The molecule has 2 aromatic carbocycles. The number of fused-ring (bicyclic) bond motifs is 2. The van der Waals surface area contributed by atoms with E-state index in [0.29, 0.717) is 16.7 Å². The van der Waals surface area contributed by atoms with Gasteiger partial charge in [-0.1, -0.05) is 52.3 Å². The number of hydrogen-bond donors (Lipinski definition) is 1. The van der Waals surface area contributed by atoms with E-state index in [1.807, 2.05) is 55.5 Å². The maximum atomic E-state index is 13.0. The first kappa shape index (κ1) is 14.9. The van der Waals surface area contributed by atoms with E-state index in [4.69, 9.17) is 0 Å². The van der Waals surface area contributed by atoms with E-state index in [-0.39, 0.29) is 11.7 Å². The number of ketones is 1. The molecule has 1 unspecified atom stereocenters. The van der Waals surface area contributed by atoms with E-state index in [1.54, 1.807) is 0 Å². The highest BCUT2D eigenvalue weighted by Crippen LogP contribution is 2.46. The zero-order chi connectivity index (χ0) is 16.8. The summed E-state index contributed by atoms with van der Waals surface area (Å²) in [6, 6.07) is 17.7. The number of nitrogens with one attached hydrogen (secondary N) is 1. The highest BCUT2D eigenvalue weighted by Gasteiger charge is 2.40. The van der Waals surface area contributed by atoms with Crippen LogP contribution in [0.1, 0.15) is 34.3 Å². The van der Waals surface area contributed by atoms with Crippen molar-refractivity contribution in [2.24, 2.45) is 0 Å². The van der Waals surface area contributed by atoms with E-state index in [1.165, 1.54) is 0 Å². The number of rotatable bonds is 1. The zero-order valence-corrected chi connectivity index (χ0v) is 14.5. The summed E-state index contributed by atoms with van der Waals surface area (Å²) in [5.41, 5.74) is 5.43. The molecular weight excluding hydrogens is 364 g/mol. The summed E-state index contributed by atoms with van der Waals surface area (Å²) in [5.74, 6) is -0.345. The van der Waals surface area contributed by atoms with Crippen LogP contribution in [0.4, 0.5) is 0 Å². The number of carbonyl (C=O) groups is 1. The van der Waals surface area contributed by atoms with Crippen molar-refractivity contribution in [3.05, 3.63) is 86.5 Å². The Morgan fingerprint density at radius 1 is 1.12 bits per heavy atom. The largest absolute Gasteiger partial charge is 0.357 e. The zero-order valence-electron chi connectivity index (χ0n) is 12.9. The smallest absolute Gasteiger partial charge is 0.192 e. The molecule has 24 heavy (non-hydrogen) atoms. The molecule has 1 aliphatic heterocycles. The maximum absolute atomic E-state index is 13.0. The van der Waals surface area contributed by atoms with Gasteiger partial charge in [-0.15, -0.1) is 0 Å². The van der Waals surface area contributed by atoms with E-state index in [9.17, 15) is 10.1 Å². The van der Waals surface area contributed by atoms with Crippen LogP contribution in [0, 0.1) is 11.3 Å². The predicted molar refractivity (Wildman–Crippen MR) is 96.0 cm³/mol. The summed E-state index contributed by atoms with van der Waals surface area (Å²) >= 11 is 3.49. The second-order valence-electron chi connectivity index (χ2n) is 5.93. The van der Waals surface area contributed by atoms with Gasteiger partial charge in [0.2, 0.25) is 0 Å². The molecule has 0 fully saturated rings. The summed E-state index contributed by atoms with van der Waals surface area (Å²) in [4.78, 5) is 13.0. The van der Waals surface area contributed by atoms with Gasteiger partial charge in [0.15, 0.2) is 5.78 Å². The fraction of sp³-hybridized carbons (Fsp3) is 0.100. The number of hydrogen-bond acceptors (Lipinski definition) is 3. The average Bonchev–Trinajstić information content (AvgIpc) is 2.86. The van der Waals surface area contributed by atoms with E-state index in [2.05, 4.69) is 27.3 Å². The molecule has 1 atom stereocenters. The lowest BCUT2D eigenvalue weighted by atomic mass is 9.80. The molecule has 1 N–H and O–H groups in total. The fourth-order valence-electron chi connectivity index (χ4n) is 3.50. The predicted octanol–water partition coefficient (Wildman–Crippen LogP) is 4.54. The van der Waals surface area contributed by atoms with E-state index >= 15 is 0 Å². The number of carbonyl (C=O) groups excluding carboxylic acids is 1. The molecule has 2 aliphatic rings. The highest BCUT2D eigenvalue weighted by molar-refractivity contribution is 9.10. The van der Waals surface area contributed by atoms with E-state index in [0.717, 1.165) is 27.0 Å². The van der Waals surface area contributed by atoms with Crippen molar-refractivity contribution in [3.63, 3.8) is 0 Å². The van der Waals surface area contributed by atoms with Crippen LogP contribution >= 0.6 is 15.9 Å². The Morgan fingerprint density at radius 2 is 1.88 bits per heavy atom. The molecule has 0 bridgehead atoms. The SMILES string of the molecule is CC1=C(C#N)C(c2cccc(Br)c2)C2=C(N1)c1ccccc1C2=O. The molecule has 2 aromatic rings. The lowest BCUT2D eigenvalue weighted by molar-refractivity contribution is 0.103. The number of allylic oxidation sites excluding steroid dienone is 3. The van der Waals surface area contributed by atoms with Gasteiger partial charge in [-0.2, -0.15) is 5.26 Å². The number of nitriles is 1. The fourth-order valence-corrected chi connectivity index (χ4v) is 3.91. The van der Waals surface area contributed by atoms with Crippen LogP contribution in [0.2, 0.25) is 0 Å². The first-order chi connectivity index (χ1) is 11.6. The summed E-state index contributed by atoms with van der Waals surface area (Å²) in [7, 11) is 0. The molecule has 0 saturated carbocycles. The lowest BCUT2D eigenvalue weighted by Gasteiger charge is -2.27. The normalized spacial score (nSPS) is 18.9. The van der Waals surface area contributed by atoms with Crippen LogP contribution in [-0.4, -0.2) is 5.78 Å². The molecule has 116 valence electrons. The monoisotopic (exact) mass is 376 g/mol.